The Morgan fingerprint density at radius 3 is 3.08 bits per heavy atom. The lowest BCUT2D eigenvalue weighted by atomic mass is 10.1. The van der Waals surface area contributed by atoms with Crippen LogP contribution in [0.25, 0.3) is 0 Å². The summed E-state index contributed by atoms with van der Waals surface area (Å²) in [6.45, 7) is 2.30. The number of nitrogens with one attached hydrogen (secondary N) is 1. The second-order valence-corrected chi connectivity index (χ2v) is 4.71. The van der Waals surface area contributed by atoms with Gasteiger partial charge in [0.25, 0.3) is 0 Å². The van der Waals surface area contributed by atoms with E-state index in [0.717, 1.165) is 12.2 Å². The molecule has 2 atom stereocenters. The Balaban J connectivity index is 2.26. The third-order valence-electron chi connectivity index (χ3n) is 2.31. The van der Waals surface area contributed by atoms with Gasteiger partial charge in [0, 0.05) is 24.3 Å². The molecule has 1 amide bonds. The van der Waals surface area contributed by atoms with E-state index in [1.165, 1.54) is 12.2 Å². The van der Waals surface area contributed by atoms with E-state index >= 15 is 0 Å². The van der Waals surface area contributed by atoms with Crippen molar-refractivity contribution in [3.05, 3.63) is 0 Å². The van der Waals surface area contributed by atoms with Crippen LogP contribution >= 0.6 is 11.8 Å². The van der Waals surface area contributed by atoms with E-state index in [9.17, 15) is 4.79 Å². The number of amides is 1. The maximum absolute atomic E-state index is 11.4. The quantitative estimate of drug-likeness (QED) is 0.704. The largest absolute Gasteiger partial charge is 0.352 e. The molecule has 0 aliphatic carbocycles. The van der Waals surface area contributed by atoms with Crippen molar-refractivity contribution in [2.75, 3.05) is 18.1 Å². The fourth-order valence-electron chi connectivity index (χ4n) is 1.31. The van der Waals surface area contributed by atoms with Crippen LogP contribution in [0.3, 0.4) is 0 Å². The molecule has 1 heterocycles. The van der Waals surface area contributed by atoms with Gasteiger partial charge in [-0.15, -0.1) is 0 Å². The normalized spacial score (nSPS) is 25.2. The Bertz CT molecular complexity index is 169. The zero-order valence-corrected chi connectivity index (χ0v) is 8.90. The second-order valence-electron chi connectivity index (χ2n) is 3.56. The van der Waals surface area contributed by atoms with Gasteiger partial charge in [-0.3, -0.25) is 4.79 Å². The van der Waals surface area contributed by atoms with Gasteiger partial charge in [0.05, 0.1) is 0 Å². The molecule has 0 aromatic carbocycles. The summed E-state index contributed by atoms with van der Waals surface area (Å²) in [5, 5.41) is 3.03. The molecule has 1 saturated heterocycles. The molecule has 4 heteroatoms. The Kier molecular flexibility index (Phi) is 4.59. The van der Waals surface area contributed by atoms with E-state index in [0.29, 0.717) is 12.6 Å². The predicted octanol–water partition coefficient (Wildman–Crippen LogP) is 0.593. The molecule has 2 unspecified atom stereocenters. The molecular formula is C9H18N2OS. The number of hydrogen-bond acceptors (Lipinski definition) is 3. The van der Waals surface area contributed by atoms with Crippen molar-refractivity contribution in [2.45, 2.75) is 25.8 Å². The highest BCUT2D eigenvalue weighted by molar-refractivity contribution is 7.99. The van der Waals surface area contributed by atoms with Crippen molar-refractivity contribution < 1.29 is 4.79 Å². The third-order valence-corrected chi connectivity index (χ3v) is 3.52. The number of rotatable bonds is 3. The van der Waals surface area contributed by atoms with Gasteiger partial charge >= 0.3 is 0 Å². The molecular weight excluding hydrogens is 184 g/mol. The lowest BCUT2D eigenvalue weighted by Gasteiger charge is -2.23. The van der Waals surface area contributed by atoms with E-state index in [2.05, 4.69) is 5.32 Å². The van der Waals surface area contributed by atoms with Crippen molar-refractivity contribution in [2.24, 2.45) is 11.7 Å². The smallest absolute Gasteiger partial charge is 0.224 e. The average Bonchev–Trinajstić information content (AvgIpc) is 2.18. The zero-order chi connectivity index (χ0) is 9.68. The van der Waals surface area contributed by atoms with Crippen LogP contribution in [0, 0.1) is 5.92 Å². The fourth-order valence-corrected chi connectivity index (χ4v) is 2.38. The molecule has 1 rings (SSSR count). The van der Waals surface area contributed by atoms with Gasteiger partial charge in [0.15, 0.2) is 0 Å². The molecule has 1 aliphatic rings. The molecule has 1 aliphatic heterocycles. The molecule has 0 bridgehead atoms. The van der Waals surface area contributed by atoms with Crippen LogP contribution in [0.1, 0.15) is 19.8 Å². The van der Waals surface area contributed by atoms with Gasteiger partial charge in [-0.1, -0.05) is 6.92 Å². The lowest BCUT2D eigenvalue weighted by Crippen LogP contribution is -2.42. The predicted molar refractivity (Wildman–Crippen MR) is 56.7 cm³/mol. The lowest BCUT2D eigenvalue weighted by molar-refractivity contribution is -0.124. The highest BCUT2D eigenvalue weighted by Gasteiger charge is 2.18. The molecule has 0 saturated carbocycles. The Morgan fingerprint density at radius 1 is 1.77 bits per heavy atom. The van der Waals surface area contributed by atoms with Gasteiger partial charge < -0.3 is 11.1 Å². The summed E-state index contributed by atoms with van der Waals surface area (Å²) in [5.74, 6) is 2.35. The van der Waals surface area contributed by atoms with Crippen LogP contribution in [-0.2, 0) is 4.79 Å². The van der Waals surface area contributed by atoms with E-state index in [1.54, 1.807) is 0 Å². The van der Waals surface area contributed by atoms with Gasteiger partial charge in [-0.25, -0.2) is 0 Å². The number of carbonyl (C=O) groups excluding carboxylic acids is 1. The molecule has 3 nitrogen and oxygen atoms in total. The minimum absolute atomic E-state index is 0.0491. The fraction of sp³-hybridized carbons (Fsp3) is 0.889. The molecule has 13 heavy (non-hydrogen) atoms. The second kappa shape index (κ2) is 5.50. The third kappa shape index (κ3) is 3.56. The van der Waals surface area contributed by atoms with Crippen molar-refractivity contribution >= 4 is 17.7 Å². The topological polar surface area (TPSA) is 55.1 Å². The highest BCUT2D eigenvalue weighted by Crippen LogP contribution is 2.17. The van der Waals surface area contributed by atoms with Crippen LogP contribution in [0.2, 0.25) is 0 Å². The Morgan fingerprint density at radius 2 is 2.54 bits per heavy atom. The molecule has 3 N–H and O–H groups in total. The van der Waals surface area contributed by atoms with E-state index < -0.39 is 0 Å². The Labute approximate surface area is 83.8 Å². The Hall–Kier alpha value is -0.220. The molecule has 0 radical (unpaired) electrons. The van der Waals surface area contributed by atoms with Crippen molar-refractivity contribution in [3.8, 4) is 0 Å². The van der Waals surface area contributed by atoms with Crippen molar-refractivity contribution in [1.29, 1.82) is 0 Å². The SMILES string of the molecule is CC(CN)C(=O)NC1CCCSC1. The van der Waals surface area contributed by atoms with Gasteiger partial charge in [0.2, 0.25) is 5.91 Å². The maximum atomic E-state index is 11.4. The number of nitrogens with two attached hydrogens (primary N) is 1. The van der Waals surface area contributed by atoms with Crippen LogP contribution in [0.4, 0.5) is 0 Å². The summed E-state index contributed by atoms with van der Waals surface area (Å²) in [6.07, 6.45) is 2.34. The maximum Gasteiger partial charge on any atom is 0.224 e. The van der Waals surface area contributed by atoms with E-state index in [1.807, 2.05) is 18.7 Å². The molecule has 0 spiro atoms. The first kappa shape index (κ1) is 10.9. The standard InChI is InChI=1S/C9H18N2OS/c1-7(5-10)9(12)11-8-3-2-4-13-6-8/h7-8H,2-6,10H2,1H3,(H,11,12). The summed E-state index contributed by atoms with van der Waals surface area (Å²) in [6, 6.07) is 0.375. The molecule has 1 fully saturated rings. The van der Waals surface area contributed by atoms with E-state index in [4.69, 9.17) is 5.73 Å². The number of hydrogen-bond donors (Lipinski definition) is 2. The minimum atomic E-state index is -0.0491. The minimum Gasteiger partial charge on any atom is -0.352 e. The number of thioether (sulfide) groups is 1. The summed E-state index contributed by atoms with van der Waals surface area (Å²) < 4.78 is 0. The van der Waals surface area contributed by atoms with Crippen LogP contribution in [0.15, 0.2) is 0 Å². The van der Waals surface area contributed by atoms with Crippen LogP contribution in [0.5, 0.6) is 0 Å². The van der Waals surface area contributed by atoms with E-state index in [-0.39, 0.29) is 11.8 Å². The van der Waals surface area contributed by atoms with Crippen molar-refractivity contribution in [1.82, 2.24) is 5.32 Å². The molecule has 0 aromatic heterocycles. The first-order chi connectivity index (χ1) is 6.24. The molecule has 0 aromatic rings. The summed E-state index contributed by atoms with van der Waals surface area (Å²) in [5.41, 5.74) is 5.41. The monoisotopic (exact) mass is 202 g/mol. The van der Waals surface area contributed by atoms with Gasteiger partial charge in [-0.2, -0.15) is 11.8 Å². The summed E-state index contributed by atoms with van der Waals surface area (Å²) in [7, 11) is 0. The first-order valence-corrected chi connectivity index (χ1v) is 5.97. The van der Waals surface area contributed by atoms with Gasteiger partial charge in [-0.05, 0) is 18.6 Å². The number of carbonyl (C=O) groups is 1. The molecule has 76 valence electrons. The highest BCUT2D eigenvalue weighted by atomic mass is 32.2. The van der Waals surface area contributed by atoms with Crippen LogP contribution < -0.4 is 11.1 Å². The van der Waals surface area contributed by atoms with Gasteiger partial charge in [0.1, 0.15) is 0 Å². The average molecular weight is 202 g/mol. The summed E-state index contributed by atoms with van der Waals surface area (Å²) in [4.78, 5) is 11.4. The van der Waals surface area contributed by atoms with Crippen molar-refractivity contribution in [3.63, 3.8) is 0 Å². The zero-order valence-electron chi connectivity index (χ0n) is 8.08. The first-order valence-electron chi connectivity index (χ1n) is 4.82. The summed E-state index contributed by atoms with van der Waals surface area (Å²) >= 11 is 1.92. The van der Waals surface area contributed by atoms with Crippen LogP contribution in [-0.4, -0.2) is 30.0 Å².